The van der Waals surface area contributed by atoms with Crippen LogP contribution in [0, 0.1) is 5.41 Å². The van der Waals surface area contributed by atoms with Crippen molar-refractivity contribution in [1.82, 2.24) is 10.6 Å². The molecule has 0 radical (unpaired) electrons. The first-order valence-corrected chi connectivity index (χ1v) is 7.75. The minimum absolute atomic E-state index is 0.131. The van der Waals surface area contributed by atoms with Crippen LogP contribution in [0.1, 0.15) is 27.2 Å². The van der Waals surface area contributed by atoms with Gasteiger partial charge in [0.05, 0.1) is 11.5 Å². The fourth-order valence-electron chi connectivity index (χ4n) is 1.79. The summed E-state index contributed by atoms with van der Waals surface area (Å²) < 4.78 is 22.8. The van der Waals surface area contributed by atoms with Crippen molar-refractivity contribution < 1.29 is 8.42 Å². The van der Waals surface area contributed by atoms with Gasteiger partial charge >= 0.3 is 0 Å². The van der Waals surface area contributed by atoms with Gasteiger partial charge in [0.25, 0.3) is 0 Å². The minimum atomic E-state index is -2.79. The van der Waals surface area contributed by atoms with Gasteiger partial charge in [0.1, 0.15) is 0 Å². The fraction of sp³-hybridized carbons (Fsp3) is 1.00. The van der Waals surface area contributed by atoms with E-state index in [1.807, 2.05) is 0 Å². The van der Waals surface area contributed by atoms with Crippen molar-refractivity contribution in [2.45, 2.75) is 33.2 Å². The molecular formula is C11H24N2O2S. The fourth-order valence-corrected chi connectivity index (χ4v) is 3.29. The zero-order chi connectivity index (χ0) is 12.2. The van der Waals surface area contributed by atoms with Gasteiger partial charge in [-0.3, -0.25) is 0 Å². The van der Waals surface area contributed by atoms with Gasteiger partial charge in [0, 0.05) is 12.6 Å². The summed E-state index contributed by atoms with van der Waals surface area (Å²) >= 11 is 0. The lowest BCUT2D eigenvalue weighted by molar-refractivity contribution is 0.371. The molecule has 16 heavy (non-hydrogen) atoms. The van der Waals surface area contributed by atoms with Crippen LogP contribution in [0.2, 0.25) is 0 Å². The molecule has 1 saturated heterocycles. The highest BCUT2D eigenvalue weighted by molar-refractivity contribution is 7.91. The molecule has 1 atom stereocenters. The number of hydrogen-bond acceptors (Lipinski definition) is 4. The summed E-state index contributed by atoms with van der Waals surface area (Å²) in [6.07, 6.45) is 0.884. The molecule has 0 bridgehead atoms. The Labute approximate surface area is 99.1 Å². The van der Waals surface area contributed by atoms with Gasteiger partial charge in [-0.1, -0.05) is 20.8 Å². The summed E-state index contributed by atoms with van der Waals surface area (Å²) in [6, 6.07) is 0.131. The van der Waals surface area contributed by atoms with Gasteiger partial charge < -0.3 is 10.6 Å². The average Bonchev–Trinajstić information content (AvgIpc) is 2.09. The average molecular weight is 248 g/mol. The molecule has 2 N–H and O–H groups in total. The topological polar surface area (TPSA) is 58.2 Å². The van der Waals surface area contributed by atoms with E-state index in [1.165, 1.54) is 0 Å². The Hall–Kier alpha value is -0.130. The number of hydrogen-bond donors (Lipinski definition) is 2. The van der Waals surface area contributed by atoms with E-state index in [0.717, 1.165) is 19.5 Å². The third-order valence-corrected chi connectivity index (χ3v) is 4.36. The molecule has 0 aromatic heterocycles. The maximum absolute atomic E-state index is 11.4. The molecular weight excluding hydrogens is 224 g/mol. The number of nitrogens with one attached hydrogen (secondary N) is 2. The van der Waals surface area contributed by atoms with Crippen LogP contribution in [0.5, 0.6) is 0 Å². The lowest BCUT2D eigenvalue weighted by atomic mass is 9.97. The molecule has 1 heterocycles. The maximum atomic E-state index is 11.4. The number of rotatable bonds is 4. The van der Waals surface area contributed by atoms with Crippen LogP contribution in [-0.2, 0) is 9.84 Å². The van der Waals surface area contributed by atoms with Crippen LogP contribution in [0.4, 0.5) is 0 Å². The molecule has 0 spiro atoms. The van der Waals surface area contributed by atoms with Crippen LogP contribution in [0.3, 0.4) is 0 Å². The van der Waals surface area contributed by atoms with Crippen molar-refractivity contribution >= 4 is 9.84 Å². The van der Waals surface area contributed by atoms with Gasteiger partial charge in [-0.05, 0) is 24.9 Å². The highest BCUT2D eigenvalue weighted by atomic mass is 32.2. The number of sulfone groups is 1. The Balaban J connectivity index is 2.18. The largest absolute Gasteiger partial charge is 0.316 e. The standard InChI is InChI=1S/C11H24N2O2S/c1-11(2,3)9-12-5-4-10-8-16(14,15)7-6-13-10/h10,12-13H,4-9H2,1-3H3. The van der Waals surface area contributed by atoms with Crippen molar-refractivity contribution in [2.75, 3.05) is 31.1 Å². The second kappa shape index (κ2) is 5.47. The Morgan fingerprint density at radius 1 is 1.38 bits per heavy atom. The predicted octanol–water partition coefficient (Wildman–Crippen LogP) is 0.399. The smallest absolute Gasteiger partial charge is 0.153 e. The van der Waals surface area contributed by atoms with E-state index in [0.29, 0.717) is 18.1 Å². The summed E-state index contributed by atoms with van der Waals surface area (Å²) in [4.78, 5) is 0. The Morgan fingerprint density at radius 3 is 2.62 bits per heavy atom. The summed E-state index contributed by atoms with van der Waals surface area (Å²) in [7, 11) is -2.79. The van der Waals surface area contributed by atoms with Gasteiger partial charge in [-0.25, -0.2) is 8.42 Å². The molecule has 0 aromatic rings. The lowest BCUT2D eigenvalue weighted by Gasteiger charge is -2.25. The quantitative estimate of drug-likeness (QED) is 0.707. The maximum Gasteiger partial charge on any atom is 0.153 e. The van der Waals surface area contributed by atoms with Crippen molar-refractivity contribution in [2.24, 2.45) is 5.41 Å². The van der Waals surface area contributed by atoms with Crippen molar-refractivity contribution in [3.8, 4) is 0 Å². The summed E-state index contributed by atoms with van der Waals surface area (Å²) in [5, 5.41) is 6.62. The highest BCUT2D eigenvalue weighted by Crippen LogP contribution is 2.10. The highest BCUT2D eigenvalue weighted by Gasteiger charge is 2.23. The third-order valence-electron chi connectivity index (χ3n) is 2.63. The molecule has 0 aromatic carbocycles. The van der Waals surface area contributed by atoms with Crippen LogP contribution >= 0.6 is 0 Å². The molecule has 1 rings (SSSR count). The van der Waals surface area contributed by atoms with Crippen molar-refractivity contribution in [3.63, 3.8) is 0 Å². The van der Waals surface area contributed by atoms with E-state index < -0.39 is 9.84 Å². The molecule has 1 unspecified atom stereocenters. The van der Waals surface area contributed by atoms with Gasteiger partial charge in [0.2, 0.25) is 0 Å². The Morgan fingerprint density at radius 2 is 2.06 bits per heavy atom. The first-order chi connectivity index (χ1) is 7.29. The third kappa shape index (κ3) is 5.82. The normalized spacial score (nSPS) is 25.6. The van der Waals surface area contributed by atoms with Gasteiger partial charge in [0.15, 0.2) is 9.84 Å². The van der Waals surface area contributed by atoms with Crippen LogP contribution in [-0.4, -0.2) is 45.6 Å². The van der Waals surface area contributed by atoms with Crippen LogP contribution in [0.15, 0.2) is 0 Å². The van der Waals surface area contributed by atoms with Crippen LogP contribution < -0.4 is 10.6 Å². The monoisotopic (exact) mass is 248 g/mol. The molecule has 0 saturated carbocycles. The molecule has 1 aliphatic heterocycles. The summed E-state index contributed by atoms with van der Waals surface area (Å²) in [6.45, 7) is 9.00. The van der Waals surface area contributed by atoms with Crippen molar-refractivity contribution in [1.29, 1.82) is 0 Å². The summed E-state index contributed by atoms with van der Waals surface area (Å²) in [5.41, 5.74) is 0.284. The molecule has 96 valence electrons. The van der Waals surface area contributed by atoms with Crippen LogP contribution in [0.25, 0.3) is 0 Å². The van der Waals surface area contributed by atoms with E-state index in [1.54, 1.807) is 0 Å². The minimum Gasteiger partial charge on any atom is -0.316 e. The van der Waals surface area contributed by atoms with Gasteiger partial charge in [-0.15, -0.1) is 0 Å². The van der Waals surface area contributed by atoms with Gasteiger partial charge in [-0.2, -0.15) is 0 Å². The van der Waals surface area contributed by atoms with E-state index in [9.17, 15) is 8.42 Å². The molecule has 1 aliphatic rings. The zero-order valence-corrected chi connectivity index (χ0v) is 11.4. The Bertz CT molecular complexity index is 306. The first kappa shape index (κ1) is 13.9. The molecule has 4 nitrogen and oxygen atoms in total. The SMILES string of the molecule is CC(C)(C)CNCCC1CS(=O)(=O)CCN1. The molecule has 0 amide bonds. The molecule has 1 fully saturated rings. The van der Waals surface area contributed by atoms with Crippen molar-refractivity contribution in [3.05, 3.63) is 0 Å². The van der Waals surface area contributed by atoms with E-state index in [4.69, 9.17) is 0 Å². The Kier molecular flexibility index (Phi) is 4.76. The zero-order valence-electron chi connectivity index (χ0n) is 10.5. The first-order valence-electron chi connectivity index (χ1n) is 5.93. The molecule has 0 aliphatic carbocycles. The predicted molar refractivity (Wildman–Crippen MR) is 67.4 cm³/mol. The summed E-state index contributed by atoms with van der Waals surface area (Å²) in [5.74, 6) is 0.586. The van der Waals surface area contributed by atoms with E-state index >= 15 is 0 Å². The second-order valence-corrected chi connectivity index (χ2v) is 8.02. The van der Waals surface area contributed by atoms with E-state index in [-0.39, 0.29) is 11.5 Å². The van der Waals surface area contributed by atoms with E-state index in [2.05, 4.69) is 31.4 Å². The molecule has 5 heteroatoms. The second-order valence-electron chi connectivity index (χ2n) is 5.79. The lowest BCUT2D eigenvalue weighted by Crippen LogP contribution is -2.46.